The highest BCUT2D eigenvalue weighted by Gasteiger charge is 2.11. The van der Waals surface area contributed by atoms with Crippen LogP contribution in [0.2, 0.25) is 0 Å². The molecule has 0 bridgehead atoms. The van der Waals surface area contributed by atoms with Crippen LogP contribution in [0.1, 0.15) is 31.9 Å². The number of hydrogen-bond acceptors (Lipinski definition) is 3. The van der Waals surface area contributed by atoms with E-state index < -0.39 is 0 Å². The third kappa shape index (κ3) is 3.16. The first-order chi connectivity index (χ1) is 6.77. The smallest absolute Gasteiger partial charge is 0.0950 e. The van der Waals surface area contributed by atoms with E-state index in [4.69, 9.17) is 9.15 Å². The molecular formula is C11H19NO2. The number of nitrogens with one attached hydrogen (secondary N) is 1. The third-order valence-electron chi connectivity index (χ3n) is 2.39. The number of rotatable bonds is 6. The first-order valence-corrected chi connectivity index (χ1v) is 5.05. The summed E-state index contributed by atoms with van der Waals surface area (Å²) in [4.78, 5) is 0. The molecule has 1 N–H and O–H groups in total. The standard InChI is InChI=1S/C11H19NO2/c1-4-11(8-13-3)12-9(2)10-5-6-14-7-10/h5-7,9,11-12H,4,8H2,1-3H3. The number of methoxy groups -OCH3 is 1. The highest BCUT2D eigenvalue weighted by Crippen LogP contribution is 2.13. The molecule has 0 aliphatic carbocycles. The number of ether oxygens (including phenoxy) is 1. The number of hydrogen-bond donors (Lipinski definition) is 1. The Labute approximate surface area is 85.4 Å². The van der Waals surface area contributed by atoms with Gasteiger partial charge in [-0.2, -0.15) is 0 Å². The molecule has 2 unspecified atom stereocenters. The molecule has 1 heterocycles. The average Bonchev–Trinajstić information content (AvgIpc) is 2.69. The maximum atomic E-state index is 5.13. The highest BCUT2D eigenvalue weighted by atomic mass is 16.5. The first kappa shape index (κ1) is 11.3. The lowest BCUT2D eigenvalue weighted by Crippen LogP contribution is -2.34. The normalized spacial score (nSPS) is 15.4. The van der Waals surface area contributed by atoms with Crippen LogP contribution in [-0.2, 0) is 4.74 Å². The first-order valence-electron chi connectivity index (χ1n) is 5.05. The topological polar surface area (TPSA) is 34.4 Å². The van der Waals surface area contributed by atoms with Crippen LogP contribution in [0.4, 0.5) is 0 Å². The van der Waals surface area contributed by atoms with Crippen LogP contribution in [0.3, 0.4) is 0 Å². The minimum absolute atomic E-state index is 0.314. The Bertz CT molecular complexity index is 233. The van der Waals surface area contributed by atoms with Gasteiger partial charge in [0.15, 0.2) is 0 Å². The van der Waals surface area contributed by atoms with Crippen molar-refractivity contribution in [2.45, 2.75) is 32.4 Å². The predicted molar refractivity (Wildman–Crippen MR) is 56.2 cm³/mol. The van der Waals surface area contributed by atoms with E-state index in [0.29, 0.717) is 12.1 Å². The Morgan fingerprint density at radius 3 is 2.86 bits per heavy atom. The van der Waals surface area contributed by atoms with E-state index in [-0.39, 0.29) is 0 Å². The van der Waals surface area contributed by atoms with Crippen LogP contribution in [0, 0.1) is 0 Å². The molecule has 1 rings (SSSR count). The minimum atomic E-state index is 0.314. The molecule has 0 saturated carbocycles. The SMILES string of the molecule is CCC(COC)NC(C)c1ccoc1. The Morgan fingerprint density at radius 1 is 1.57 bits per heavy atom. The van der Waals surface area contributed by atoms with Crippen molar-refractivity contribution in [2.24, 2.45) is 0 Å². The van der Waals surface area contributed by atoms with E-state index in [9.17, 15) is 0 Å². The zero-order valence-corrected chi connectivity index (χ0v) is 9.12. The van der Waals surface area contributed by atoms with Crippen LogP contribution >= 0.6 is 0 Å². The van der Waals surface area contributed by atoms with Crippen molar-refractivity contribution in [1.29, 1.82) is 0 Å². The third-order valence-corrected chi connectivity index (χ3v) is 2.39. The summed E-state index contributed by atoms with van der Waals surface area (Å²) in [7, 11) is 1.73. The van der Waals surface area contributed by atoms with E-state index in [1.807, 2.05) is 6.07 Å². The molecule has 0 fully saturated rings. The Morgan fingerprint density at radius 2 is 2.36 bits per heavy atom. The van der Waals surface area contributed by atoms with Crippen LogP contribution in [0.25, 0.3) is 0 Å². The lowest BCUT2D eigenvalue weighted by molar-refractivity contribution is 0.159. The summed E-state index contributed by atoms with van der Waals surface area (Å²) in [5, 5.41) is 3.48. The Balaban J connectivity index is 2.42. The van der Waals surface area contributed by atoms with Gasteiger partial charge >= 0.3 is 0 Å². The minimum Gasteiger partial charge on any atom is -0.472 e. The molecule has 0 saturated heterocycles. The van der Waals surface area contributed by atoms with Crippen molar-refractivity contribution in [3.63, 3.8) is 0 Å². The fourth-order valence-corrected chi connectivity index (χ4v) is 1.46. The van der Waals surface area contributed by atoms with E-state index in [2.05, 4.69) is 19.2 Å². The molecular weight excluding hydrogens is 178 g/mol. The van der Waals surface area contributed by atoms with Gasteiger partial charge in [0.2, 0.25) is 0 Å². The molecule has 0 aromatic carbocycles. The second-order valence-corrected chi connectivity index (χ2v) is 3.51. The summed E-state index contributed by atoms with van der Waals surface area (Å²) >= 11 is 0. The Kier molecular flexibility index (Phi) is 4.70. The van der Waals surface area contributed by atoms with Crippen molar-refractivity contribution in [3.05, 3.63) is 24.2 Å². The highest BCUT2D eigenvalue weighted by molar-refractivity contribution is 5.10. The summed E-state index contributed by atoms with van der Waals surface area (Å²) in [5.74, 6) is 0. The lowest BCUT2D eigenvalue weighted by Gasteiger charge is -2.20. The summed E-state index contributed by atoms with van der Waals surface area (Å²) < 4.78 is 10.2. The zero-order valence-electron chi connectivity index (χ0n) is 9.12. The van der Waals surface area contributed by atoms with Gasteiger partial charge in [0.05, 0.1) is 19.1 Å². The van der Waals surface area contributed by atoms with E-state index >= 15 is 0 Å². The molecule has 80 valence electrons. The maximum absolute atomic E-state index is 5.13. The maximum Gasteiger partial charge on any atom is 0.0950 e. The van der Waals surface area contributed by atoms with Crippen LogP contribution in [-0.4, -0.2) is 19.8 Å². The lowest BCUT2D eigenvalue weighted by atomic mass is 10.1. The molecule has 3 nitrogen and oxygen atoms in total. The largest absolute Gasteiger partial charge is 0.472 e. The summed E-state index contributed by atoms with van der Waals surface area (Å²) in [6.45, 7) is 5.03. The van der Waals surface area contributed by atoms with E-state index in [1.165, 1.54) is 5.56 Å². The van der Waals surface area contributed by atoms with Gasteiger partial charge in [0.25, 0.3) is 0 Å². The molecule has 3 heteroatoms. The summed E-state index contributed by atoms with van der Waals surface area (Å²) in [5.41, 5.74) is 1.18. The van der Waals surface area contributed by atoms with Crippen molar-refractivity contribution in [3.8, 4) is 0 Å². The van der Waals surface area contributed by atoms with E-state index in [0.717, 1.165) is 13.0 Å². The van der Waals surface area contributed by atoms with Gasteiger partial charge in [0, 0.05) is 24.8 Å². The van der Waals surface area contributed by atoms with Gasteiger partial charge in [-0.25, -0.2) is 0 Å². The fraction of sp³-hybridized carbons (Fsp3) is 0.636. The summed E-state index contributed by atoms with van der Waals surface area (Å²) in [6.07, 6.45) is 4.54. The zero-order chi connectivity index (χ0) is 10.4. The van der Waals surface area contributed by atoms with E-state index in [1.54, 1.807) is 19.6 Å². The van der Waals surface area contributed by atoms with Crippen molar-refractivity contribution in [2.75, 3.05) is 13.7 Å². The summed E-state index contributed by atoms with van der Waals surface area (Å²) in [6, 6.07) is 2.70. The van der Waals surface area contributed by atoms with Gasteiger partial charge in [-0.1, -0.05) is 6.92 Å². The molecule has 1 aromatic heterocycles. The second kappa shape index (κ2) is 5.83. The Hall–Kier alpha value is -0.800. The van der Waals surface area contributed by atoms with Gasteiger partial charge in [-0.15, -0.1) is 0 Å². The van der Waals surface area contributed by atoms with Gasteiger partial charge in [-0.05, 0) is 19.4 Å². The molecule has 0 aliphatic heterocycles. The van der Waals surface area contributed by atoms with Gasteiger partial charge < -0.3 is 14.5 Å². The van der Waals surface area contributed by atoms with Crippen molar-refractivity contribution >= 4 is 0 Å². The molecule has 0 aliphatic rings. The molecule has 2 atom stereocenters. The molecule has 0 amide bonds. The number of furan rings is 1. The average molecular weight is 197 g/mol. The molecule has 1 aromatic rings. The van der Waals surface area contributed by atoms with Gasteiger partial charge in [-0.3, -0.25) is 0 Å². The second-order valence-electron chi connectivity index (χ2n) is 3.51. The van der Waals surface area contributed by atoms with Crippen molar-refractivity contribution < 1.29 is 9.15 Å². The fourth-order valence-electron chi connectivity index (χ4n) is 1.46. The molecule has 0 radical (unpaired) electrons. The van der Waals surface area contributed by atoms with Crippen LogP contribution < -0.4 is 5.32 Å². The quantitative estimate of drug-likeness (QED) is 0.760. The van der Waals surface area contributed by atoms with Crippen LogP contribution in [0.15, 0.2) is 23.0 Å². The molecule has 0 spiro atoms. The molecule has 14 heavy (non-hydrogen) atoms. The van der Waals surface area contributed by atoms with Gasteiger partial charge in [0.1, 0.15) is 0 Å². The van der Waals surface area contributed by atoms with Crippen LogP contribution in [0.5, 0.6) is 0 Å². The monoisotopic (exact) mass is 197 g/mol. The van der Waals surface area contributed by atoms with Crippen molar-refractivity contribution in [1.82, 2.24) is 5.32 Å². The predicted octanol–water partition coefficient (Wildman–Crippen LogP) is 2.36.